The van der Waals surface area contributed by atoms with Crippen LogP contribution in [0.4, 0.5) is 0 Å². The summed E-state index contributed by atoms with van der Waals surface area (Å²) in [7, 11) is 0. The summed E-state index contributed by atoms with van der Waals surface area (Å²) in [6, 6.07) is 1.85. The third-order valence-corrected chi connectivity index (χ3v) is 2.32. The van der Waals surface area contributed by atoms with Gasteiger partial charge in [-0.25, -0.2) is 9.97 Å². The minimum atomic E-state index is -0.848. The van der Waals surface area contributed by atoms with Crippen LogP contribution < -0.4 is 0 Å². The van der Waals surface area contributed by atoms with Gasteiger partial charge in [-0.05, 0) is 32.3 Å². The van der Waals surface area contributed by atoms with E-state index in [1.165, 1.54) is 0 Å². The van der Waals surface area contributed by atoms with Crippen molar-refractivity contribution in [1.82, 2.24) is 9.97 Å². The molecule has 0 aliphatic carbocycles. The van der Waals surface area contributed by atoms with E-state index in [0.717, 1.165) is 11.4 Å². The van der Waals surface area contributed by atoms with Gasteiger partial charge in [-0.2, -0.15) is 0 Å². The molecular weight excluding hydrogens is 204 g/mol. The van der Waals surface area contributed by atoms with Gasteiger partial charge < -0.3 is 5.11 Å². The molecule has 0 saturated heterocycles. The fraction of sp³-hybridized carbons (Fsp3) is 0.583. The van der Waals surface area contributed by atoms with Crippen LogP contribution in [0.1, 0.15) is 43.4 Å². The largest absolute Gasteiger partial charge is 0.481 e. The van der Waals surface area contributed by atoms with Gasteiger partial charge in [0.05, 0.1) is 0 Å². The van der Waals surface area contributed by atoms with E-state index in [2.05, 4.69) is 9.97 Å². The lowest BCUT2D eigenvalue weighted by molar-refractivity contribution is -0.139. The van der Waals surface area contributed by atoms with Crippen molar-refractivity contribution in [3.8, 4) is 0 Å². The number of aromatic nitrogens is 2. The molecule has 1 heterocycles. The number of carboxylic acids is 1. The first-order valence-corrected chi connectivity index (χ1v) is 5.45. The van der Waals surface area contributed by atoms with Crippen molar-refractivity contribution >= 4 is 5.97 Å². The van der Waals surface area contributed by atoms with Crippen LogP contribution in [0.3, 0.4) is 0 Å². The number of hydrogen-bond donors (Lipinski definition) is 1. The number of carbonyl (C=O) groups is 1. The molecule has 88 valence electrons. The van der Waals surface area contributed by atoms with Crippen molar-refractivity contribution in [3.05, 3.63) is 23.3 Å². The molecule has 0 spiro atoms. The summed E-state index contributed by atoms with van der Waals surface area (Å²) in [5.41, 5.74) is 1.63. The van der Waals surface area contributed by atoms with Crippen molar-refractivity contribution in [2.24, 2.45) is 5.92 Å². The van der Waals surface area contributed by atoms with Gasteiger partial charge in [0.1, 0.15) is 11.7 Å². The summed E-state index contributed by atoms with van der Waals surface area (Å²) in [4.78, 5) is 19.6. The molecule has 4 heteroatoms. The van der Waals surface area contributed by atoms with Crippen LogP contribution in [-0.4, -0.2) is 21.0 Å². The van der Waals surface area contributed by atoms with E-state index < -0.39 is 11.9 Å². The van der Waals surface area contributed by atoms with E-state index in [1.807, 2.05) is 33.8 Å². The first-order chi connectivity index (χ1) is 7.40. The second-order valence-electron chi connectivity index (χ2n) is 4.53. The molecule has 1 aromatic heterocycles. The first kappa shape index (κ1) is 12.6. The highest BCUT2D eigenvalue weighted by Gasteiger charge is 2.24. The number of aryl methyl sites for hydroxylation is 2. The Morgan fingerprint density at radius 1 is 1.31 bits per heavy atom. The van der Waals surface area contributed by atoms with Crippen molar-refractivity contribution in [3.63, 3.8) is 0 Å². The van der Waals surface area contributed by atoms with Gasteiger partial charge in [-0.15, -0.1) is 0 Å². The number of aliphatic carboxylic acids is 1. The molecule has 1 aromatic rings. The Kier molecular flexibility index (Phi) is 3.99. The van der Waals surface area contributed by atoms with Crippen molar-refractivity contribution in [2.45, 2.75) is 40.0 Å². The summed E-state index contributed by atoms with van der Waals surface area (Å²) in [5, 5.41) is 9.18. The average molecular weight is 222 g/mol. The number of hydrogen-bond acceptors (Lipinski definition) is 3. The van der Waals surface area contributed by atoms with Crippen molar-refractivity contribution in [1.29, 1.82) is 0 Å². The highest BCUT2D eigenvalue weighted by molar-refractivity contribution is 5.74. The molecule has 0 aromatic carbocycles. The fourth-order valence-corrected chi connectivity index (χ4v) is 1.70. The van der Waals surface area contributed by atoms with Gasteiger partial charge in [0.2, 0.25) is 0 Å². The normalized spacial score (nSPS) is 12.8. The lowest BCUT2D eigenvalue weighted by atomic mass is 9.96. The Morgan fingerprint density at radius 3 is 2.19 bits per heavy atom. The Balaban J connectivity index is 3.05. The van der Waals surface area contributed by atoms with Crippen LogP contribution in [0.25, 0.3) is 0 Å². The van der Waals surface area contributed by atoms with Gasteiger partial charge in [-0.3, -0.25) is 4.79 Å². The number of carboxylic acid groups (broad SMARTS) is 1. The van der Waals surface area contributed by atoms with Crippen LogP contribution in [0.5, 0.6) is 0 Å². The third kappa shape index (κ3) is 3.29. The molecule has 1 unspecified atom stereocenters. The maximum Gasteiger partial charge on any atom is 0.314 e. The maximum atomic E-state index is 11.2. The molecule has 0 saturated carbocycles. The molecule has 0 aliphatic heterocycles. The molecule has 0 amide bonds. The Labute approximate surface area is 95.7 Å². The highest BCUT2D eigenvalue weighted by Crippen LogP contribution is 2.21. The van der Waals surface area contributed by atoms with Gasteiger partial charge in [0, 0.05) is 11.4 Å². The molecule has 16 heavy (non-hydrogen) atoms. The minimum Gasteiger partial charge on any atom is -0.481 e. The summed E-state index contributed by atoms with van der Waals surface area (Å²) in [5.74, 6) is -0.707. The Hall–Kier alpha value is -1.45. The van der Waals surface area contributed by atoms with Gasteiger partial charge in [0.25, 0.3) is 0 Å². The fourth-order valence-electron chi connectivity index (χ4n) is 1.70. The van der Waals surface area contributed by atoms with E-state index in [-0.39, 0.29) is 0 Å². The quantitative estimate of drug-likeness (QED) is 0.849. The lowest BCUT2D eigenvalue weighted by Gasteiger charge is -2.14. The standard InChI is InChI=1S/C12H18N2O2/c1-7(2)5-10(12(15)16)11-13-8(3)6-9(4)14-11/h6-7,10H,5H2,1-4H3,(H,15,16). The van der Waals surface area contributed by atoms with Crippen molar-refractivity contribution in [2.75, 3.05) is 0 Å². The smallest absolute Gasteiger partial charge is 0.314 e. The van der Waals surface area contributed by atoms with Crippen LogP contribution in [0, 0.1) is 19.8 Å². The summed E-state index contributed by atoms with van der Waals surface area (Å²) < 4.78 is 0. The zero-order valence-electron chi connectivity index (χ0n) is 10.2. The molecule has 1 atom stereocenters. The van der Waals surface area contributed by atoms with Crippen LogP contribution in [0.2, 0.25) is 0 Å². The Bertz CT molecular complexity index is 368. The third-order valence-electron chi connectivity index (χ3n) is 2.32. The second kappa shape index (κ2) is 5.05. The van der Waals surface area contributed by atoms with E-state index in [0.29, 0.717) is 18.2 Å². The first-order valence-electron chi connectivity index (χ1n) is 5.45. The number of rotatable bonds is 4. The van der Waals surface area contributed by atoms with Gasteiger partial charge >= 0.3 is 5.97 Å². The minimum absolute atomic E-state index is 0.311. The summed E-state index contributed by atoms with van der Waals surface area (Å²) in [6.45, 7) is 7.70. The maximum absolute atomic E-state index is 11.2. The van der Waals surface area contributed by atoms with E-state index in [1.54, 1.807) is 0 Å². The second-order valence-corrected chi connectivity index (χ2v) is 4.53. The summed E-state index contributed by atoms with van der Waals surface area (Å²) in [6.07, 6.45) is 0.568. The molecule has 4 nitrogen and oxygen atoms in total. The zero-order chi connectivity index (χ0) is 12.3. The molecule has 0 bridgehead atoms. The molecule has 0 radical (unpaired) electrons. The summed E-state index contributed by atoms with van der Waals surface area (Å²) >= 11 is 0. The molecule has 1 rings (SSSR count). The zero-order valence-corrected chi connectivity index (χ0v) is 10.2. The predicted octanol–water partition coefficient (Wildman–Crippen LogP) is 2.31. The van der Waals surface area contributed by atoms with E-state index >= 15 is 0 Å². The highest BCUT2D eigenvalue weighted by atomic mass is 16.4. The monoisotopic (exact) mass is 222 g/mol. The predicted molar refractivity (Wildman–Crippen MR) is 61.3 cm³/mol. The molecule has 1 N–H and O–H groups in total. The SMILES string of the molecule is Cc1cc(C)nc(C(CC(C)C)C(=O)O)n1. The number of nitrogens with zero attached hydrogens (tertiary/aromatic N) is 2. The Morgan fingerprint density at radius 2 is 1.81 bits per heavy atom. The van der Waals surface area contributed by atoms with E-state index in [9.17, 15) is 9.90 Å². The lowest BCUT2D eigenvalue weighted by Crippen LogP contribution is -2.17. The van der Waals surface area contributed by atoms with Crippen LogP contribution in [-0.2, 0) is 4.79 Å². The van der Waals surface area contributed by atoms with Crippen molar-refractivity contribution < 1.29 is 9.90 Å². The molecule has 0 fully saturated rings. The average Bonchev–Trinajstić information content (AvgIpc) is 2.11. The topological polar surface area (TPSA) is 63.1 Å². The van der Waals surface area contributed by atoms with Gasteiger partial charge in [0.15, 0.2) is 0 Å². The molecular formula is C12H18N2O2. The molecule has 0 aliphatic rings. The van der Waals surface area contributed by atoms with Crippen LogP contribution >= 0.6 is 0 Å². The van der Waals surface area contributed by atoms with E-state index in [4.69, 9.17) is 0 Å². The van der Waals surface area contributed by atoms with Gasteiger partial charge in [-0.1, -0.05) is 13.8 Å². The van der Waals surface area contributed by atoms with Crippen LogP contribution in [0.15, 0.2) is 6.07 Å².